The predicted molar refractivity (Wildman–Crippen MR) is 96.6 cm³/mol. The summed E-state index contributed by atoms with van der Waals surface area (Å²) in [5, 5.41) is 12.8. The lowest BCUT2D eigenvalue weighted by Gasteiger charge is -2.07. The van der Waals surface area contributed by atoms with E-state index in [2.05, 4.69) is 20.3 Å². The van der Waals surface area contributed by atoms with Crippen molar-refractivity contribution in [2.75, 3.05) is 0 Å². The van der Waals surface area contributed by atoms with Crippen LogP contribution in [0.2, 0.25) is 0 Å². The second-order valence-electron chi connectivity index (χ2n) is 6.81. The molecule has 0 radical (unpaired) electrons. The number of hydrogen-bond donors (Lipinski definition) is 0. The van der Waals surface area contributed by atoms with Crippen LogP contribution in [0.1, 0.15) is 25.6 Å². The van der Waals surface area contributed by atoms with Crippen molar-refractivity contribution in [3.8, 4) is 22.6 Å². The van der Waals surface area contributed by atoms with Crippen LogP contribution in [0.3, 0.4) is 0 Å². The highest BCUT2D eigenvalue weighted by Crippen LogP contribution is 2.34. The minimum atomic E-state index is -1.28. The first-order valence-corrected chi connectivity index (χ1v) is 8.77. The molecule has 0 atom stereocenters. The molecule has 10 heteroatoms. The molecular weight excluding hydrogens is 385 g/mol. The van der Waals surface area contributed by atoms with Crippen molar-refractivity contribution in [2.24, 2.45) is 0 Å². The van der Waals surface area contributed by atoms with Crippen LogP contribution in [0.25, 0.3) is 34.1 Å². The smallest absolute Gasteiger partial charge is 0.306 e. The molecule has 0 unspecified atom stereocenters. The molecule has 1 aromatic carbocycles. The van der Waals surface area contributed by atoms with Gasteiger partial charge in [0.05, 0.1) is 0 Å². The van der Waals surface area contributed by atoms with Gasteiger partial charge in [-0.25, -0.2) is 13.2 Å². The number of oxazole rings is 1. The monoisotopic (exact) mass is 398 g/mol. The largest absolute Gasteiger partial charge is 0.432 e. The normalized spacial score (nSPS) is 11.9. The fourth-order valence-electron chi connectivity index (χ4n) is 3.21. The molecule has 0 spiro atoms. The molecule has 5 aromatic rings. The van der Waals surface area contributed by atoms with Gasteiger partial charge in [0.2, 0.25) is 0 Å². The molecule has 4 aromatic heterocycles. The Hall–Kier alpha value is -3.69. The van der Waals surface area contributed by atoms with Gasteiger partial charge in [0.25, 0.3) is 0 Å². The molecule has 0 aliphatic heterocycles. The van der Waals surface area contributed by atoms with Gasteiger partial charge < -0.3 is 4.42 Å². The first-order chi connectivity index (χ1) is 13.9. The quantitative estimate of drug-likeness (QED) is 0.425. The van der Waals surface area contributed by atoms with Crippen LogP contribution in [0.15, 0.2) is 41.1 Å². The van der Waals surface area contributed by atoms with Gasteiger partial charge in [-0.05, 0) is 18.2 Å². The molecule has 0 saturated carbocycles. The fraction of sp³-hybridized carbons (Fsp3) is 0.158. The van der Waals surface area contributed by atoms with Gasteiger partial charge >= 0.3 is 5.84 Å². The van der Waals surface area contributed by atoms with Crippen LogP contribution < -0.4 is 0 Å². The molecule has 0 saturated heterocycles. The first kappa shape index (κ1) is 17.4. The highest BCUT2D eigenvalue weighted by molar-refractivity contribution is 5.80. The van der Waals surface area contributed by atoms with Crippen molar-refractivity contribution in [3.05, 3.63) is 60.0 Å². The molecule has 146 valence electrons. The average molecular weight is 398 g/mol. The Labute approximate surface area is 161 Å². The second-order valence-corrected chi connectivity index (χ2v) is 6.81. The van der Waals surface area contributed by atoms with Crippen LogP contribution in [-0.4, -0.2) is 29.2 Å². The number of benzene rings is 1. The number of halogens is 3. The lowest BCUT2D eigenvalue weighted by molar-refractivity contribution is 0.496. The van der Waals surface area contributed by atoms with Crippen molar-refractivity contribution in [3.63, 3.8) is 0 Å². The van der Waals surface area contributed by atoms with Crippen molar-refractivity contribution < 1.29 is 17.6 Å². The maximum Gasteiger partial charge on any atom is 0.306 e. The van der Waals surface area contributed by atoms with E-state index < -0.39 is 17.5 Å². The van der Waals surface area contributed by atoms with Crippen molar-refractivity contribution in [2.45, 2.75) is 19.8 Å². The van der Waals surface area contributed by atoms with E-state index in [1.807, 2.05) is 13.8 Å². The maximum absolute atomic E-state index is 14.5. The number of imidazole rings is 1. The van der Waals surface area contributed by atoms with Gasteiger partial charge in [-0.1, -0.05) is 13.8 Å². The molecule has 29 heavy (non-hydrogen) atoms. The molecule has 0 N–H and O–H groups in total. The topological polar surface area (TPSA) is 73.5 Å². The Morgan fingerprint density at radius 3 is 2.59 bits per heavy atom. The van der Waals surface area contributed by atoms with Gasteiger partial charge in [0.15, 0.2) is 23.1 Å². The Kier molecular flexibility index (Phi) is 3.70. The van der Waals surface area contributed by atoms with Crippen LogP contribution >= 0.6 is 0 Å². The fourth-order valence-corrected chi connectivity index (χ4v) is 3.21. The second kappa shape index (κ2) is 6.16. The number of rotatable bonds is 3. The molecule has 0 bridgehead atoms. The van der Waals surface area contributed by atoms with Gasteiger partial charge in [-0.15, -0.1) is 10.2 Å². The van der Waals surface area contributed by atoms with E-state index in [1.54, 1.807) is 27.2 Å². The molecule has 0 fully saturated rings. The Morgan fingerprint density at radius 1 is 1.00 bits per heavy atom. The van der Waals surface area contributed by atoms with Crippen LogP contribution in [0.5, 0.6) is 0 Å². The molecule has 5 rings (SSSR count). The standard InChI is InChI=1S/C19H13F3N6O/c1-9(2)18-25-24-15-4-3-14(26-28(15)18)17-16(23-19-27(17)5-6-29-19)10-7-12(21)13(22)8-11(10)20/h3-9H,1-2H3. The van der Waals surface area contributed by atoms with Gasteiger partial charge in [-0.2, -0.15) is 14.6 Å². The van der Waals surface area contributed by atoms with Gasteiger partial charge in [0, 0.05) is 23.7 Å². The predicted octanol–water partition coefficient (Wildman–Crippen LogP) is 4.24. The van der Waals surface area contributed by atoms with Crippen molar-refractivity contribution in [1.82, 2.24) is 29.2 Å². The van der Waals surface area contributed by atoms with Crippen LogP contribution in [-0.2, 0) is 0 Å². The summed E-state index contributed by atoms with van der Waals surface area (Å²) >= 11 is 0. The van der Waals surface area contributed by atoms with E-state index in [4.69, 9.17) is 4.42 Å². The molecule has 7 nitrogen and oxygen atoms in total. The first-order valence-electron chi connectivity index (χ1n) is 8.77. The lowest BCUT2D eigenvalue weighted by Crippen LogP contribution is -2.03. The summed E-state index contributed by atoms with van der Waals surface area (Å²) < 4.78 is 50.2. The average Bonchev–Trinajstić information content (AvgIpc) is 3.37. The zero-order valence-corrected chi connectivity index (χ0v) is 15.3. The van der Waals surface area contributed by atoms with E-state index in [-0.39, 0.29) is 23.0 Å². The zero-order chi connectivity index (χ0) is 20.3. The highest BCUT2D eigenvalue weighted by Gasteiger charge is 2.24. The Morgan fingerprint density at radius 2 is 1.79 bits per heavy atom. The summed E-state index contributed by atoms with van der Waals surface area (Å²) in [6.07, 6.45) is 2.99. The van der Waals surface area contributed by atoms with E-state index in [9.17, 15) is 13.2 Å². The van der Waals surface area contributed by atoms with E-state index in [0.717, 1.165) is 6.07 Å². The summed E-state index contributed by atoms with van der Waals surface area (Å²) in [6, 6.07) is 4.65. The highest BCUT2D eigenvalue weighted by atomic mass is 19.2. The summed E-state index contributed by atoms with van der Waals surface area (Å²) in [6.45, 7) is 3.92. The molecular formula is C19H13F3N6O. The number of hydrogen-bond acceptors (Lipinski definition) is 5. The molecule has 0 amide bonds. The SMILES string of the molecule is CC(C)c1nnc2ccc(-c3c(-c4cc(F)c(F)cc4F)nc4occn34)nn12. The number of nitrogens with zero attached hydrogens (tertiary/aromatic N) is 6. The van der Waals surface area contributed by atoms with Gasteiger partial charge in [0.1, 0.15) is 29.2 Å². The van der Waals surface area contributed by atoms with Crippen molar-refractivity contribution >= 4 is 11.5 Å². The summed E-state index contributed by atoms with van der Waals surface area (Å²) in [7, 11) is 0. The van der Waals surface area contributed by atoms with Crippen LogP contribution in [0, 0.1) is 17.5 Å². The number of aromatic nitrogens is 6. The molecule has 0 aliphatic carbocycles. The van der Waals surface area contributed by atoms with Gasteiger partial charge in [-0.3, -0.25) is 4.40 Å². The molecule has 4 heterocycles. The van der Waals surface area contributed by atoms with Crippen molar-refractivity contribution in [1.29, 1.82) is 0 Å². The van der Waals surface area contributed by atoms with E-state index >= 15 is 0 Å². The zero-order valence-electron chi connectivity index (χ0n) is 15.3. The Bertz CT molecular complexity index is 1380. The summed E-state index contributed by atoms with van der Waals surface area (Å²) in [5.74, 6) is -2.53. The minimum absolute atomic E-state index is 0.0650. The summed E-state index contributed by atoms with van der Waals surface area (Å²) in [5.41, 5.74) is 1.20. The van der Waals surface area contributed by atoms with E-state index in [1.165, 1.54) is 6.26 Å². The van der Waals surface area contributed by atoms with Crippen LogP contribution in [0.4, 0.5) is 13.2 Å². The number of fused-ring (bicyclic) bond motifs is 2. The minimum Gasteiger partial charge on any atom is -0.432 e. The maximum atomic E-state index is 14.5. The third kappa shape index (κ3) is 2.59. The third-order valence-corrected chi connectivity index (χ3v) is 4.57. The third-order valence-electron chi connectivity index (χ3n) is 4.57. The Balaban J connectivity index is 1.81. The van der Waals surface area contributed by atoms with E-state index in [0.29, 0.717) is 28.9 Å². The summed E-state index contributed by atoms with van der Waals surface area (Å²) in [4.78, 5) is 4.26. The molecule has 0 aliphatic rings. The lowest BCUT2D eigenvalue weighted by atomic mass is 10.1.